The van der Waals surface area contributed by atoms with Gasteiger partial charge in [0.15, 0.2) is 9.84 Å². The van der Waals surface area contributed by atoms with Gasteiger partial charge in [0, 0.05) is 12.3 Å². The molecule has 0 spiro atoms. The molecule has 0 aromatic heterocycles. The molecule has 0 saturated heterocycles. The van der Waals surface area contributed by atoms with E-state index in [0.29, 0.717) is 0 Å². The van der Waals surface area contributed by atoms with Gasteiger partial charge in [0.05, 0.1) is 5.25 Å². The Kier molecular flexibility index (Phi) is 6.85. The first-order valence-corrected chi connectivity index (χ1v) is 7.40. The van der Waals surface area contributed by atoms with Gasteiger partial charge in [-0.2, -0.15) is 0 Å². The van der Waals surface area contributed by atoms with Gasteiger partial charge >= 0.3 is 0 Å². The molecule has 15 heavy (non-hydrogen) atoms. The van der Waals surface area contributed by atoms with Crippen molar-refractivity contribution in [1.29, 1.82) is 0 Å². The van der Waals surface area contributed by atoms with Gasteiger partial charge in [0.2, 0.25) is 0 Å². The molecule has 0 aliphatic heterocycles. The van der Waals surface area contributed by atoms with Crippen LogP contribution in [0.5, 0.6) is 0 Å². The van der Waals surface area contributed by atoms with Crippen LogP contribution in [0.2, 0.25) is 0 Å². The maximum atomic E-state index is 11.2. The Bertz CT molecular complexity index is 272. The molecule has 0 aromatic rings. The van der Waals surface area contributed by atoms with E-state index in [0.717, 1.165) is 32.1 Å². The molecular formula is C11H23NO2S. The van der Waals surface area contributed by atoms with Crippen molar-refractivity contribution in [3.63, 3.8) is 0 Å². The van der Waals surface area contributed by atoms with E-state index in [1.165, 1.54) is 6.26 Å². The summed E-state index contributed by atoms with van der Waals surface area (Å²) in [6.07, 6.45) is 8.16. The Balaban J connectivity index is 3.74. The van der Waals surface area contributed by atoms with Crippen molar-refractivity contribution in [2.45, 2.75) is 50.3 Å². The summed E-state index contributed by atoms with van der Waals surface area (Å²) in [7, 11) is -2.99. The van der Waals surface area contributed by atoms with Crippen LogP contribution in [0.15, 0.2) is 12.7 Å². The van der Waals surface area contributed by atoms with Crippen LogP contribution in [0.1, 0.15) is 39.0 Å². The average molecular weight is 233 g/mol. The molecule has 0 bridgehead atoms. The van der Waals surface area contributed by atoms with E-state index in [9.17, 15) is 8.42 Å². The Morgan fingerprint density at radius 1 is 1.33 bits per heavy atom. The van der Waals surface area contributed by atoms with Gasteiger partial charge in [-0.3, -0.25) is 0 Å². The second-order valence-electron chi connectivity index (χ2n) is 4.13. The minimum absolute atomic E-state index is 0.233. The standard InChI is InChI=1S/C11H23NO2S/c1-4-5-6-7-8-9-11(12)10(2)15(3,13)14/h4,10-11H,1,5-9,12H2,2-3H3. The highest BCUT2D eigenvalue weighted by Crippen LogP contribution is 2.11. The fourth-order valence-electron chi connectivity index (χ4n) is 1.40. The minimum atomic E-state index is -2.99. The van der Waals surface area contributed by atoms with Crippen LogP contribution < -0.4 is 5.73 Å². The minimum Gasteiger partial charge on any atom is -0.327 e. The molecular weight excluding hydrogens is 210 g/mol. The van der Waals surface area contributed by atoms with Gasteiger partial charge in [-0.25, -0.2) is 8.42 Å². The maximum Gasteiger partial charge on any atom is 0.151 e. The van der Waals surface area contributed by atoms with Gasteiger partial charge < -0.3 is 5.73 Å². The van der Waals surface area contributed by atoms with Crippen LogP contribution in [0, 0.1) is 0 Å². The molecule has 0 fully saturated rings. The second-order valence-corrected chi connectivity index (χ2v) is 6.53. The summed E-state index contributed by atoms with van der Waals surface area (Å²) in [5.41, 5.74) is 5.82. The molecule has 2 atom stereocenters. The van der Waals surface area contributed by atoms with Crippen LogP contribution >= 0.6 is 0 Å². The summed E-state index contributed by atoms with van der Waals surface area (Å²) in [6.45, 7) is 5.33. The first kappa shape index (κ1) is 14.6. The largest absolute Gasteiger partial charge is 0.327 e. The zero-order chi connectivity index (χ0) is 11.9. The fourth-order valence-corrected chi connectivity index (χ4v) is 2.17. The molecule has 0 amide bonds. The van der Waals surface area contributed by atoms with E-state index in [1.807, 2.05) is 6.08 Å². The lowest BCUT2D eigenvalue weighted by atomic mass is 10.1. The predicted molar refractivity (Wildman–Crippen MR) is 65.6 cm³/mol. The number of rotatable bonds is 8. The molecule has 2 unspecified atom stereocenters. The van der Waals surface area contributed by atoms with Gasteiger partial charge in [0.1, 0.15) is 0 Å². The average Bonchev–Trinajstić information content (AvgIpc) is 2.14. The first-order chi connectivity index (χ1) is 6.89. The molecule has 90 valence electrons. The van der Waals surface area contributed by atoms with Crippen LogP contribution in [0.4, 0.5) is 0 Å². The highest BCUT2D eigenvalue weighted by atomic mass is 32.2. The second kappa shape index (κ2) is 7.01. The molecule has 0 heterocycles. The van der Waals surface area contributed by atoms with Crippen molar-refractivity contribution in [3.8, 4) is 0 Å². The van der Waals surface area contributed by atoms with Crippen molar-refractivity contribution in [3.05, 3.63) is 12.7 Å². The summed E-state index contributed by atoms with van der Waals surface area (Å²) in [5, 5.41) is -0.433. The SMILES string of the molecule is C=CCCCCCC(N)C(C)S(C)(=O)=O. The smallest absolute Gasteiger partial charge is 0.151 e. The molecule has 4 heteroatoms. The van der Waals surface area contributed by atoms with Crippen molar-refractivity contribution in [2.75, 3.05) is 6.26 Å². The van der Waals surface area contributed by atoms with Crippen molar-refractivity contribution < 1.29 is 8.42 Å². The topological polar surface area (TPSA) is 60.2 Å². The number of hydrogen-bond acceptors (Lipinski definition) is 3. The third kappa shape index (κ3) is 6.68. The van der Waals surface area contributed by atoms with Gasteiger partial charge in [-0.05, 0) is 26.2 Å². The highest BCUT2D eigenvalue weighted by molar-refractivity contribution is 7.91. The molecule has 3 nitrogen and oxygen atoms in total. The first-order valence-electron chi connectivity index (χ1n) is 5.45. The van der Waals surface area contributed by atoms with E-state index in [2.05, 4.69) is 6.58 Å². The molecule has 0 aliphatic carbocycles. The fraction of sp³-hybridized carbons (Fsp3) is 0.818. The number of nitrogens with two attached hydrogens (primary N) is 1. The Hall–Kier alpha value is -0.350. The maximum absolute atomic E-state index is 11.2. The zero-order valence-electron chi connectivity index (χ0n) is 9.78. The quantitative estimate of drug-likeness (QED) is 0.514. The van der Waals surface area contributed by atoms with Crippen LogP contribution in [-0.4, -0.2) is 26.0 Å². The van der Waals surface area contributed by atoms with Crippen LogP contribution in [0.3, 0.4) is 0 Å². The van der Waals surface area contributed by atoms with E-state index in [-0.39, 0.29) is 6.04 Å². The van der Waals surface area contributed by atoms with E-state index < -0.39 is 15.1 Å². The molecule has 0 aromatic carbocycles. The summed E-state index contributed by atoms with van der Waals surface area (Å²) >= 11 is 0. The lowest BCUT2D eigenvalue weighted by Crippen LogP contribution is -2.37. The van der Waals surface area contributed by atoms with Crippen LogP contribution in [-0.2, 0) is 9.84 Å². The Morgan fingerprint density at radius 3 is 2.40 bits per heavy atom. The Labute approximate surface area is 93.7 Å². The van der Waals surface area contributed by atoms with Crippen molar-refractivity contribution in [2.24, 2.45) is 5.73 Å². The number of hydrogen-bond donors (Lipinski definition) is 1. The molecule has 2 N–H and O–H groups in total. The lowest BCUT2D eigenvalue weighted by Gasteiger charge is -2.17. The van der Waals surface area contributed by atoms with Crippen molar-refractivity contribution in [1.82, 2.24) is 0 Å². The highest BCUT2D eigenvalue weighted by Gasteiger charge is 2.21. The summed E-state index contributed by atoms with van der Waals surface area (Å²) in [5.74, 6) is 0. The monoisotopic (exact) mass is 233 g/mol. The summed E-state index contributed by atoms with van der Waals surface area (Å²) in [6, 6.07) is -0.233. The van der Waals surface area contributed by atoms with E-state index in [1.54, 1.807) is 6.92 Å². The molecule has 0 radical (unpaired) electrons. The Morgan fingerprint density at radius 2 is 1.93 bits per heavy atom. The molecule has 0 saturated carbocycles. The third-order valence-corrected chi connectivity index (χ3v) is 4.42. The van der Waals surface area contributed by atoms with E-state index >= 15 is 0 Å². The zero-order valence-corrected chi connectivity index (χ0v) is 10.6. The number of unbranched alkanes of at least 4 members (excludes halogenated alkanes) is 3. The predicted octanol–water partition coefficient (Wildman–Crippen LogP) is 1.88. The summed E-state index contributed by atoms with van der Waals surface area (Å²) in [4.78, 5) is 0. The van der Waals surface area contributed by atoms with Gasteiger partial charge in [0.25, 0.3) is 0 Å². The van der Waals surface area contributed by atoms with Crippen molar-refractivity contribution >= 4 is 9.84 Å². The summed E-state index contributed by atoms with van der Waals surface area (Å²) < 4.78 is 22.4. The van der Waals surface area contributed by atoms with Gasteiger partial charge in [-0.15, -0.1) is 6.58 Å². The van der Waals surface area contributed by atoms with Crippen LogP contribution in [0.25, 0.3) is 0 Å². The third-order valence-electron chi connectivity index (χ3n) is 2.72. The van der Waals surface area contributed by atoms with Gasteiger partial charge in [-0.1, -0.05) is 18.9 Å². The number of allylic oxidation sites excluding steroid dienone is 1. The normalized spacial score (nSPS) is 15.9. The van der Waals surface area contributed by atoms with E-state index in [4.69, 9.17) is 5.73 Å². The lowest BCUT2D eigenvalue weighted by molar-refractivity contribution is 0.520. The molecule has 0 rings (SSSR count). The number of sulfone groups is 1. The molecule has 0 aliphatic rings.